The molecule has 3 fully saturated rings. The Morgan fingerprint density at radius 1 is 0.933 bits per heavy atom. The molecule has 6 aliphatic rings. The molecule has 4 amide bonds. The zero-order valence-corrected chi connectivity index (χ0v) is 53.3. The van der Waals surface area contributed by atoms with Gasteiger partial charge in [0.25, 0.3) is 12.4 Å². The molecule has 6 heterocycles. The number of hydrazine groups is 1. The number of benzene rings is 2. The van der Waals surface area contributed by atoms with Crippen molar-refractivity contribution in [2.75, 3.05) is 83.0 Å². The summed E-state index contributed by atoms with van der Waals surface area (Å²) in [5.41, 5.74) is 3.10. The standard InChI is InChI=1S/C60H82N8O14S2.2CO2/c1-8-56(78)28-37-29-58(33-81-34-69,48-39(15-20-67(31-37)32-56)38-13-10-11-14-42(38)62-48)41-26-40-44(27-46(41)80-7)66(6)52-59(40)18-21-68-19-12-17-57(9-2,51(59)68)53(75)60(52,79)54(76)64-65-55(77)82-22-24-84-83-23-16-47(71)61-30-43(50(73)74)63-49(72)36(5)25-45(70)35(3)4;2*2-1-3/h10-14,17,26-27,34-37,43,51-53,62,75,78-79H,8-9,15-16,18-25,28-33H2,1-7H3,(H,61,71)(H,63,72)(H,64,76)(H,65,77)(H,73,74);;/t36-,37-,43+,51+,52-,53-,56+,57-,58+,59-,60+;;/m1../s1. The number of likely N-dealkylation sites (N-methyl/N-ethyl adjacent to an activating group) is 1. The number of amides is 4. The maximum absolute atomic E-state index is 15.1. The number of fused-ring (bicyclic) bond motifs is 6. The van der Waals surface area contributed by atoms with Crippen LogP contribution in [0.15, 0.2) is 48.6 Å². The monoisotopic (exact) mass is 1290 g/mol. The number of methoxy groups -OCH3 is 1. The number of piperidine rings is 1. The molecule has 90 heavy (non-hydrogen) atoms. The number of H-pyrrole nitrogens is 1. The molecule has 1 unspecified atom stereocenters. The van der Waals surface area contributed by atoms with Gasteiger partial charge in [-0.2, -0.15) is 19.2 Å². The Balaban J connectivity index is 0.00000185. The number of aliphatic carboxylic acids is 1. The van der Waals surface area contributed by atoms with Gasteiger partial charge in [-0.15, -0.1) is 0 Å². The van der Waals surface area contributed by atoms with Crippen molar-refractivity contribution in [3.8, 4) is 5.75 Å². The molecule has 1 aliphatic carbocycles. The number of Topliss-reactive ketones (excluding diaryl/α,β-unsaturated/α-hetero) is 1. The van der Waals surface area contributed by atoms with E-state index in [1.807, 2.05) is 55.2 Å². The number of hydrogen-bond donors (Lipinski definition) is 9. The topological polar surface area (TPSA) is 370 Å². The molecule has 0 radical (unpaired) electrons. The minimum atomic E-state index is -2.57. The molecule has 9 N–H and O–H groups in total. The van der Waals surface area contributed by atoms with Crippen molar-refractivity contribution in [2.45, 2.75) is 132 Å². The number of carboxylic acid groups (broad SMARTS) is 1. The first kappa shape index (κ1) is 70.3. The fourth-order valence-corrected chi connectivity index (χ4v) is 17.0. The summed E-state index contributed by atoms with van der Waals surface area (Å²) in [6, 6.07) is 9.33. The third-order valence-electron chi connectivity index (χ3n) is 19.1. The number of aromatic amines is 1. The van der Waals surface area contributed by atoms with Crippen LogP contribution < -0.4 is 31.1 Å². The van der Waals surface area contributed by atoms with Gasteiger partial charge in [-0.1, -0.05) is 86.6 Å². The van der Waals surface area contributed by atoms with E-state index in [-0.39, 0.29) is 68.3 Å². The maximum Gasteiger partial charge on any atom is 0.426 e. The van der Waals surface area contributed by atoms with Crippen molar-refractivity contribution in [1.82, 2.24) is 36.3 Å². The number of para-hydroxylation sites is 1. The lowest BCUT2D eigenvalue weighted by atomic mass is 9.47. The zero-order valence-electron chi connectivity index (χ0n) is 51.6. The minimum absolute atomic E-state index is 0.0258. The van der Waals surface area contributed by atoms with Crippen LogP contribution in [0.25, 0.3) is 10.9 Å². The summed E-state index contributed by atoms with van der Waals surface area (Å²) in [6.45, 7) is 12.0. The molecular formula is C62H82N8O18S2. The first-order valence-electron chi connectivity index (χ1n) is 30.1. The third-order valence-corrected chi connectivity index (χ3v) is 21.5. The summed E-state index contributed by atoms with van der Waals surface area (Å²) in [4.78, 5) is 133. The number of nitrogens with zero attached hydrogens (tertiary/aromatic N) is 3. The first-order chi connectivity index (χ1) is 42.9. The second kappa shape index (κ2) is 29.9. The third kappa shape index (κ3) is 13.7. The van der Waals surface area contributed by atoms with E-state index >= 15 is 4.79 Å². The Labute approximate surface area is 529 Å². The van der Waals surface area contributed by atoms with E-state index in [2.05, 4.69) is 48.4 Å². The van der Waals surface area contributed by atoms with Crippen molar-refractivity contribution in [1.29, 1.82) is 0 Å². The van der Waals surface area contributed by atoms with Gasteiger partial charge in [-0.25, -0.2) is 15.0 Å². The van der Waals surface area contributed by atoms with Crippen molar-refractivity contribution < 1.29 is 87.4 Å². The molecule has 12 atom stereocenters. The molecule has 2 bridgehead atoms. The molecule has 5 aliphatic heterocycles. The van der Waals surface area contributed by atoms with Crippen LogP contribution in [0.3, 0.4) is 0 Å². The number of ketones is 1. The summed E-state index contributed by atoms with van der Waals surface area (Å²) in [5.74, 6) is -3.50. The van der Waals surface area contributed by atoms with Gasteiger partial charge in [0, 0.05) is 127 Å². The number of nitrogens with one attached hydrogen (secondary N) is 5. The lowest BCUT2D eigenvalue weighted by Crippen LogP contribution is -2.82. The summed E-state index contributed by atoms with van der Waals surface area (Å²) in [6.07, 6.45) is 4.77. The SMILES string of the molecule is CC[C@]1(O)C[C@H]2CN(CCc3c([nH]c4ccccc34)[C@@](COC=O)(c3cc4c(cc3OC)N(C)[C@H]3[C@@](O)(C(=O)NNC(=O)OCCSSCCC(=O)NC[C@H](NC(=O)[C@H](C)CC(=O)C(C)C)C(=O)O)[C@H](O)[C@]5(CC)C=CCN6CC[C@]43[C@@H]65)C2)C1.O=C=O.O=C=O. The van der Waals surface area contributed by atoms with Gasteiger partial charge in [0.05, 0.1) is 24.2 Å². The minimum Gasteiger partial charge on any atom is -0.496 e. The van der Waals surface area contributed by atoms with Gasteiger partial charge in [-0.05, 0) is 74.2 Å². The van der Waals surface area contributed by atoms with E-state index in [0.29, 0.717) is 88.4 Å². The van der Waals surface area contributed by atoms with Crippen molar-refractivity contribution >= 4 is 92.5 Å². The van der Waals surface area contributed by atoms with Crippen LogP contribution in [-0.4, -0.2) is 203 Å². The summed E-state index contributed by atoms with van der Waals surface area (Å²) < 4.78 is 17.8. The van der Waals surface area contributed by atoms with Crippen LogP contribution in [0.2, 0.25) is 0 Å². The van der Waals surface area contributed by atoms with Crippen molar-refractivity contribution in [2.24, 2.45) is 23.2 Å². The number of carbonyl (C=O) groups is 7. The highest BCUT2D eigenvalue weighted by molar-refractivity contribution is 8.76. The predicted octanol–water partition coefficient (Wildman–Crippen LogP) is 2.55. The molecule has 490 valence electrons. The fourth-order valence-electron chi connectivity index (χ4n) is 15.2. The van der Waals surface area contributed by atoms with Gasteiger partial charge in [-0.3, -0.25) is 39.2 Å². The van der Waals surface area contributed by atoms with Crippen LogP contribution in [-0.2, 0) is 74.7 Å². The smallest absolute Gasteiger partial charge is 0.426 e. The van der Waals surface area contributed by atoms with Crippen molar-refractivity contribution in [3.05, 3.63) is 70.9 Å². The molecule has 26 nitrogen and oxygen atoms in total. The Hall–Kier alpha value is -7.13. The summed E-state index contributed by atoms with van der Waals surface area (Å²) in [5, 5.41) is 54.1. The van der Waals surface area contributed by atoms with E-state index in [1.165, 1.54) is 28.5 Å². The number of aromatic nitrogens is 1. The molecule has 1 spiro atoms. The highest BCUT2D eigenvalue weighted by Crippen LogP contribution is 2.67. The van der Waals surface area contributed by atoms with E-state index in [1.54, 1.807) is 28.0 Å². The van der Waals surface area contributed by atoms with Crippen LogP contribution in [0.4, 0.5) is 10.5 Å². The maximum atomic E-state index is 15.1. The number of carbonyl (C=O) groups excluding carboxylic acids is 10. The molecular weight excluding hydrogens is 1210 g/mol. The Morgan fingerprint density at radius 2 is 1.64 bits per heavy atom. The molecule has 1 saturated carbocycles. The lowest BCUT2D eigenvalue weighted by Gasteiger charge is -2.63. The van der Waals surface area contributed by atoms with Gasteiger partial charge in [0.2, 0.25) is 11.8 Å². The molecule has 2 aromatic carbocycles. The predicted molar refractivity (Wildman–Crippen MR) is 327 cm³/mol. The Kier molecular flexibility index (Phi) is 23.3. The van der Waals surface area contributed by atoms with Gasteiger partial charge < -0.3 is 55.2 Å². The van der Waals surface area contributed by atoms with Crippen molar-refractivity contribution in [3.63, 3.8) is 0 Å². The number of aliphatic hydroxyl groups is 3. The van der Waals surface area contributed by atoms with Crippen LogP contribution in [0.5, 0.6) is 5.75 Å². The van der Waals surface area contributed by atoms with Gasteiger partial charge in [0.15, 0.2) is 5.60 Å². The van der Waals surface area contributed by atoms with E-state index < -0.39 is 87.4 Å². The average Bonchev–Trinajstić information content (AvgIpc) is 1.43. The lowest BCUT2D eigenvalue weighted by molar-refractivity contribution is -0.204. The van der Waals surface area contributed by atoms with Crippen LogP contribution >= 0.6 is 21.6 Å². The fraction of sp³-hybridized carbons (Fsp3) is 0.597. The number of rotatable bonds is 23. The molecule has 3 aromatic rings. The number of ether oxygens (including phenoxy) is 3. The second-order valence-corrected chi connectivity index (χ2v) is 27.1. The zero-order chi connectivity index (χ0) is 65.9. The van der Waals surface area contributed by atoms with Crippen LogP contribution in [0, 0.1) is 23.2 Å². The normalized spacial score (nSPS) is 28.2. The van der Waals surface area contributed by atoms with Gasteiger partial charge >= 0.3 is 24.4 Å². The summed E-state index contributed by atoms with van der Waals surface area (Å²) >= 11 is 0. The summed E-state index contributed by atoms with van der Waals surface area (Å²) in [7, 11) is 6.02. The number of carboxylic acids is 1. The van der Waals surface area contributed by atoms with E-state index in [0.717, 1.165) is 39.8 Å². The highest BCUT2D eigenvalue weighted by atomic mass is 33.1. The molecule has 9 rings (SSSR count). The molecule has 28 heteroatoms. The number of hydrogen-bond acceptors (Lipinski definition) is 22. The average molecular weight is 1290 g/mol. The Morgan fingerprint density at radius 3 is 2.31 bits per heavy atom. The number of aliphatic hydroxyl groups excluding tert-OH is 1. The highest BCUT2D eigenvalue weighted by Gasteiger charge is 2.79. The Bertz CT molecular complexity index is 3230. The van der Waals surface area contributed by atoms with E-state index in [4.69, 9.17) is 33.4 Å². The largest absolute Gasteiger partial charge is 0.496 e. The van der Waals surface area contributed by atoms with Gasteiger partial charge in [0.1, 0.15) is 36.9 Å². The second-order valence-electron chi connectivity index (χ2n) is 24.4. The molecule has 2 saturated heterocycles. The quantitative estimate of drug-likeness (QED) is 0.0216. The van der Waals surface area contributed by atoms with E-state index in [9.17, 15) is 49.2 Å². The molecule has 1 aromatic heterocycles. The first-order valence-corrected chi connectivity index (χ1v) is 32.6. The number of anilines is 1. The van der Waals surface area contributed by atoms with Crippen LogP contribution in [0.1, 0.15) is 102 Å².